The van der Waals surface area contributed by atoms with Gasteiger partial charge in [-0.05, 0) is 44.0 Å². The zero-order valence-corrected chi connectivity index (χ0v) is 14.7. The number of hydrogen-bond acceptors (Lipinski definition) is 5. The summed E-state index contributed by atoms with van der Waals surface area (Å²) < 4.78 is 0. The van der Waals surface area contributed by atoms with E-state index in [2.05, 4.69) is 10.4 Å². The van der Waals surface area contributed by atoms with Gasteiger partial charge < -0.3 is 10.0 Å². The first kappa shape index (κ1) is 16.5. The molecular weight excluding hydrogens is 328 g/mol. The van der Waals surface area contributed by atoms with Crippen molar-refractivity contribution in [3.8, 4) is 0 Å². The van der Waals surface area contributed by atoms with E-state index in [9.17, 15) is 9.90 Å². The number of aryl methyl sites for hydroxylation is 1. The Kier molecular flexibility index (Phi) is 5.35. The van der Waals surface area contributed by atoms with Crippen molar-refractivity contribution in [1.29, 1.82) is 0 Å². The molecule has 0 saturated carbocycles. The lowest BCUT2D eigenvalue weighted by Gasteiger charge is -2.30. The van der Waals surface area contributed by atoms with Gasteiger partial charge in [0.2, 0.25) is 0 Å². The smallest absolute Gasteiger partial charge is 0.253 e. The second kappa shape index (κ2) is 7.47. The first-order valence-corrected chi connectivity index (χ1v) is 9.59. The summed E-state index contributed by atoms with van der Waals surface area (Å²) in [6, 6.07) is 7.71. The van der Waals surface area contributed by atoms with Crippen molar-refractivity contribution in [3.05, 3.63) is 45.9 Å². The Bertz CT molecular complexity index is 669. The Hall–Kier alpha value is -1.37. The molecule has 4 nitrogen and oxygen atoms in total. The topological polar surface area (TPSA) is 53.4 Å². The maximum Gasteiger partial charge on any atom is 0.253 e. The lowest BCUT2D eigenvalue weighted by Crippen LogP contribution is -2.42. The molecule has 1 aromatic carbocycles. The van der Waals surface area contributed by atoms with Gasteiger partial charge in [-0.3, -0.25) is 4.79 Å². The van der Waals surface area contributed by atoms with Gasteiger partial charge in [0.15, 0.2) is 0 Å². The molecule has 2 heterocycles. The van der Waals surface area contributed by atoms with Crippen LogP contribution in [0.4, 0.5) is 0 Å². The van der Waals surface area contributed by atoms with Gasteiger partial charge in [-0.15, -0.1) is 23.1 Å². The van der Waals surface area contributed by atoms with Crippen LogP contribution >= 0.6 is 23.1 Å². The molecule has 1 amide bonds. The zero-order chi connectivity index (χ0) is 16.2. The van der Waals surface area contributed by atoms with Crippen LogP contribution in [0.5, 0.6) is 0 Å². The number of benzene rings is 1. The SMILES string of the molecule is Cc1nc(CSc2ccc(C(=O)N3CCCC(O)C3)cc2)cs1. The third-order valence-corrected chi connectivity index (χ3v) is 5.71. The third kappa shape index (κ3) is 4.34. The fourth-order valence-corrected chi connectivity index (χ4v) is 4.16. The molecule has 1 unspecified atom stereocenters. The molecule has 23 heavy (non-hydrogen) atoms. The Morgan fingerprint density at radius 1 is 1.43 bits per heavy atom. The maximum atomic E-state index is 12.4. The van der Waals surface area contributed by atoms with Crippen molar-refractivity contribution in [2.24, 2.45) is 0 Å². The quantitative estimate of drug-likeness (QED) is 0.861. The lowest BCUT2D eigenvalue weighted by atomic mass is 10.1. The molecule has 1 atom stereocenters. The van der Waals surface area contributed by atoms with Gasteiger partial charge in [-0.2, -0.15) is 0 Å². The number of aliphatic hydroxyl groups excluding tert-OH is 1. The van der Waals surface area contributed by atoms with Crippen molar-refractivity contribution in [2.45, 2.75) is 36.5 Å². The highest BCUT2D eigenvalue weighted by Gasteiger charge is 2.22. The van der Waals surface area contributed by atoms with Gasteiger partial charge >= 0.3 is 0 Å². The van der Waals surface area contributed by atoms with Crippen LogP contribution in [0, 0.1) is 6.92 Å². The summed E-state index contributed by atoms with van der Waals surface area (Å²) in [6.45, 7) is 3.19. The van der Waals surface area contributed by atoms with E-state index in [-0.39, 0.29) is 12.0 Å². The number of carbonyl (C=O) groups excluding carboxylic acids is 1. The van der Waals surface area contributed by atoms with E-state index in [0.29, 0.717) is 12.1 Å². The molecule has 3 rings (SSSR count). The van der Waals surface area contributed by atoms with Crippen molar-refractivity contribution >= 4 is 29.0 Å². The number of thioether (sulfide) groups is 1. The summed E-state index contributed by atoms with van der Waals surface area (Å²) in [6.07, 6.45) is 1.27. The number of likely N-dealkylation sites (tertiary alicyclic amines) is 1. The summed E-state index contributed by atoms with van der Waals surface area (Å²) in [5.74, 6) is 0.853. The number of aromatic nitrogens is 1. The minimum atomic E-state index is -0.385. The summed E-state index contributed by atoms with van der Waals surface area (Å²) in [4.78, 5) is 19.8. The molecule has 6 heteroatoms. The molecule has 1 aliphatic rings. The number of piperidine rings is 1. The lowest BCUT2D eigenvalue weighted by molar-refractivity contribution is 0.0473. The predicted octanol–water partition coefficient (Wildman–Crippen LogP) is 3.34. The standard InChI is InChI=1S/C17H20N2O2S2/c1-12-18-14(10-22-12)11-23-16-6-4-13(5-7-16)17(21)19-8-2-3-15(20)9-19/h4-7,10,15,20H,2-3,8-9,11H2,1H3. The maximum absolute atomic E-state index is 12.4. The minimum absolute atomic E-state index is 0.00965. The highest BCUT2D eigenvalue weighted by molar-refractivity contribution is 7.98. The molecule has 0 spiro atoms. The fourth-order valence-electron chi connectivity index (χ4n) is 2.65. The van der Waals surface area contributed by atoms with Crippen LogP contribution in [0.3, 0.4) is 0 Å². The number of nitrogens with zero attached hydrogens (tertiary/aromatic N) is 2. The highest BCUT2D eigenvalue weighted by atomic mass is 32.2. The molecule has 2 aromatic rings. The van der Waals surface area contributed by atoms with Crippen LogP contribution in [0.1, 0.15) is 33.9 Å². The Morgan fingerprint density at radius 3 is 2.87 bits per heavy atom. The molecule has 1 saturated heterocycles. The molecule has 122 valence electrons. The Balaban J connectivity index is 1.59. The van der Waals surface area contributed by atoms with E-state index in [4.69, 9.17) is 0 Å². The average molecular weight is 348 g/mol. The first-order valence-electron chi connectivity index (χ1n) is 7.73. The number of amides is 1. The van der Waals surface area contributed by atoms with Crippen molar-refractivity contribution in [1.82, 2.24) is 9.88 Å². The predicted molar refractivity (Wildman–Crippen MR) is 94.0 cm³/mol. The van der Waals surface area contributed by atoms with Gasteiger partial charge in [-0.25, -0.2) is 4.98 Å². The van der Waals surface area contributed by atoms with Crippen molar-refractivity contribution < 1.29 is 9.90 Å². The van der Waals surface area contributed by atoms with E-state index in [1.807, 2.05) is 31.2 Å². The monoisotopic (exact) mass is 348 g/mol. The normalized spacial score (nSPS) is 18.2. The Labute approximate surface area is 144 Å². The van der Waals surface area contributed by atoms with Crippen molar-refractivity contribution in [2.75, 3.05) is 13.1 Å². The van der Waals surface area contributed by atoms with Crippen molar-refractivity contribution in [3.63, 3.8) is 0 Å². The van der Waals surface area contributed by atoms with Crippen LogP contribution in [-0.2, 0) is 5.75 Å². The van der Waals surface area contributed by atoms with Crippen LogP contribution in [0.15, 0.2) is 34.5 Å². The summed E-state index contributed by atoms with van der Waals surface area (Å²) in [5.41, 5.74) is 1.79. The van der Waals surface area contributed by atoms with E-state index < -0.39 is 0 Å². The molecule has 0 bridgehead atoms. The third-order valence-electron chi connectivity index (χ3n) is 3.84. The van der Waals surface area contributed by atoms with Crippen LogP contribution in [-0.4, -0.2) is 40.1 Å². The van der Waals surface area contributed by atoms with Gasteiger partial charge in [0.05, 0.1) is 16.8 Å². The number of carbonyl (C=O) groups is 1. The largest absolute Gasteiger partial charge is 0.391 e. The number of β-amino-alcohol motifs (C(OH)–C–C–N with tert-alkyl or cyclic N) is 1. The van der Waals surface area contributed by atoms with Crippen LogP contribution < -0.4 is 0 Å². The number of thiazole rings is 1. The van der Waals surface area contributed by atoms with E-state index in [1.165, 1.54) is 0 Å². The second-order valence-corrected chi connectivity index (χ2v) is 7.83. The zero-order valence-electron chi connectivity index (χ0n) is 13.1. The molecule has 1 N–H and O–H groups in total. The number of hydrogen-bond donors (Lipinski definition) is 1. The van der Waals surface area contributed by atoms with Gasteiger partial charge in [0.1, 0.15) is 0 Å². The van der Waals surface area contributed by atoms with Crippen LogP contribution in [0.2, 0.25) is 0 Å². The van der Waals surface area contributed by atoms with Crippen LogP contribution in [0.25, 0.3) is 0 Å². The molecule has 1 aromatic heterocycles. The summed E-state index contributed by atoms with van der Waals surface area (Å²) >= 11 is 3.39. The van der Waals surface area contributed by atoms with E-state index in [1.54, 1.807) is 28.0 Å². The molecular formula is C17H20N2O2S2. The first-order chi connectivity index (χ1) is 11.1. The molecule has 1 fully saturated rings. The number of rotatable bonds is 4. The van der Waals surface area contributed by atoms with E-state index >= 15 is 0 Å². The summed E-state index contributed by atoms with van der Waals surface area (Å²) in [7, 11) is 0. The van der Waals surface area contributed by atoms with Gasteiger partial charge in [0.25, 0.3) is 5.91 Å². The Morgan fingerprint density at radius 2 is 2.22 bits per heavy atom. The fraction of sp³-hybridized carbons (Fsp3) is 0.412. The van der Waals surface area contributed by atoms with Gasteiger partial charge in [-0.1, -0.05) is 0 Å². The average Bonchev–Trinajstić information content (AvgIpc) is 2.98. The molecule has 1 aliphatic heterocycles. The van der Waals surface area contributed by atoms with Gasteiger partial charge in [0, 0.05) is 34.7 Å². The van der Waals surface area contributed by atoms with E-state index in [0.717, 1.165) is 40.7 Å². The highest BCUT2D eigenvalue weighted by Crippen LogP contribution is 2.24. The second-order valence-electron chi connectivity index (χ2n) is 5.72. The molecule has 0 radical (unpaired) electrons. The minimum Gasteiger partial charge on any atom is -0.391 e. The molecule has 0 aliphatic carbocycles. The number of aliphatic hydroxyl groups is 1. The summed E-state index contributed by atoms with van der Waals surface area (Å²) in [5, 5.41) is 12.9.